The maximum Gasteiger partial charge on any atom is 0.390 e. The van der Waals surface area contributed by atoms with E-state index in [1.54, 1.807) is 18.5 Å². The Bertz CT molecular complexity index is 738. The lowest BCUT2D eigenvalue weighted by Gasteiger charge is -2.12. The van der Waals surface area contributed by atoms with E-state index in [-0.39, 0.29) is 18.3 Å². The normalized spacial score (nSPS) is 12.2. The second-order valence-corrected chi connectivity index (χ2v) is 5.40. The molecule has 0 saturated heterocycles. The van der Waals surface area contributed by atoms with E-state index in [2.05, 4.69) is 15.5 Å². The van der Waals surface area contributed by atoms with Crippen LogP contribution in [0.3, 0.4) is 0 Å². The van der Waals surface area contributed by atoms with Gasteiger partial charge in [-0.05, 0) is 25.7 Å². The number of nitrogens with zero attached hydrogens (tertiary/aromatic N) is 5. The molecule has 9 nitrogen and oxygen atoms in total. The average Bonchev–Trinajstić information content (AvgIpc) is 3.07. The first-order valence-corrected chi connectivity index (χ1v) is 7.41. The van der Waals surface area contributed by atoms with Gasteiger partial charge in [-0.3, -0.25) is 9.48 Å². The number of amides is 1. The highest BCUT2D eigenvalue weighted by Crippen LogP contribution is 2.17. The van der Waals surface area contributed by atoms with E-state index < -0.39 is 11.0 Å². The first kappa shape index (κ1) is 16.9. The molecule has 2 heterocycles. The first-order chi connectivity index (χ1) is 10.8. The van der Waals surface area contributed by atoms with Gasteiger partial charge < -0.3 is 15.4 Å². The third kappa shape index (κ3) is 3.50. The van der Waals surface area contributed by atoms with Gasteiger partial charge in [0.25, 0.3) is 0 Å². The molecule has 0 saturated carbocycles. The van der Waals surface area contributed by atoms with Crippen molar-refractivity contribution in [3.05, 3.63) is 38.8 Å². The first-order valence-electron chi connectivity index (χ1n) is 7.03. The number of rotatable bonds is 6. The third-order valence-corrected chi connectivity index (χ3v) is 3.79. The molecule has 1 unspecified atom stereocenters. The van der Waals surface area contributed by atoms with Gasteiger partial charge in [0.1, 0.15) is 6.04 Å². The number of nitrogens with one attached hydrogen (secondary N) is 1. The summed E-state index contributed by atoms with van der Waals surface area (Å²) in [5, 5.41) is 21.9. The average molecular weight is 341 g/mol. The zero-order chi connectivity index (χ0) is 17.1. The Morgan fingerprint density at radius 1 is 1.57 bits per heavy atom. The fourth-order valence-corrected chi connectivity index (χ4v) is 2.43. The lowest BCUT2D eigenvalue weighted by molar-refractivity contribution is -0.389. The minimum atomic E-state index is -0.680. The summed E-state index contributed by atoms with van der Waals surface area (Å²) in [6, 6.07) is 0.646. The highest BCUT2D eigenvalue weighted by molar-refractivity contribution is 6.31. The summed E-state index contributed by atoms with van der Waals surface area (Å²) in [4.78, 5) is 22.4. The number of hydrogen-bond donors (Lipinski definition) is 1. The lowest BCUT2D eigenvalue weighted by atomic mass is 10.3. The van der Waals surface area contributed by atoms with Crippen LogP contribution >= 0.6 is 11.6 Å². The molecule has 0 bridgehead atoms. The Labute approximate surface area is 137 Å². The van der Waals surface area contributed by atoms with Crippen LogP contribution < -0.4 is 5.32 Å². The van der Waals surface area contributed by atoms with Crippen molar-refractivity contribution in [3.8, 4) is 0 Å². The summed E-state index contributed by atoms with van der Waals surface area (Å²) in [5.41, 5.74) is 1.24. The molecule has 1 atom stereocenters. The SMILES string of the molecule is CCn1ncc(Cl)c1CNC(=O)C(C)n1nc([N+](=O)[O-])cc1C. The van der Waals surface area contributed by atoms with E-state index in [0.717, 1.165) is 0 Å². The van der Waals surface area contributed by atoms with Crippen LogP contribution in [0.2, 0.25) is 5.02 Å². The fraction of sp³-hybridized carbons (Fsp3) is 0.462. The standard InChI is InChI=1S/C13H17ClN6O3/c1-4-18-11(10(14)6-16-18)7-15-13(21)9(3)19-8(2)5-12(17-19)20(22)23/h5-6,9H,4,7H2,1-3H3,(H,15,21). The zero-order valence-corrected chi connectivity index (χ0v) is 13.7. The molecule has 1 N–H and O–H groups in total. The van der Waals surface area contributed by atoms with E-state index >= 15 is 0 Å². The van der Waals surface area contributed by atoms with Crippen LogP contribution in [0.5, 0.6) is 0 Å². The summed E-state index contributed by atoms with van der Waals surface area (Å²) >= 11 is 6.04. The van der Waals surface area contributed by atoms with Gasteiger partial charge in [0.05, 0.1) is 40.3 Å². The van der Waals surface area contributed by atoms with Crippen LogP contribution in [0.1, 0.15) is 31.3 Å². The van der Waals surface area contributed by atoms with Crippen LogP contribution in [-0.2, 0) is 17.9 Å². The zero-order valence-electron chi connectivity index (χ0n) is 13.0. The predicted molar refractivity (Wildman–Crippen MR) is 83.1 cm³/mol. The molecule has 10 heteroatoms. The topological polar surface area (TPSA) is 108 Å². The van der Waals surface area contributed by atoms with Crippen molar-refractivity contribution < 1.29 is 9.72 Å². The third-order valence-electron chi connectivity index (χ3n) is 3.47. The van der Waals surface area contributed by atoms with Crippen LogP contribution in [-0.4, -0.2) is 30.4 Å². The van der Waals surface area contributed by atoms with Gasteiger partial charge in [0.15, 0.2) is 0 Å². The van der Waals surface area contributed by atoms with E-state index in [9.17, 15) is 14.9 Å². The van der Waals surface area contributed by atoms with Gasteiger partial charge in [-0.2, -0.15) is 9.78 Å². The van der Waals surface area contributed by atoms with Crippen LogP contribution in [0.15, 0.2) is 12.3 Å². The molecule has 0 aliphatic rings. The molecular formula is C13H17ClN6O3. The number of aromatic nitrogens is 4. The summed E-state index contributed by atoms with van der Waals surface area (Å²) in [7, 11) is 0. The maximum absolute atomic E-state index is 12.3. The van der Waals surface area contributed by atoms with Crippen molar-refractivity contribution >= 4 is 23.3 Å². The van der Waals surface area contributed by atoms with Gasteiger partial charge in [-0.25, -0.2) is 0 Å². The minimum absolute atomic E-state index is 0.220. The molecule has 0 fully saturated rings. The molecule has 0 aromatic carbocycles. The molecule has 0 aliphatic carbocycles. The Kier molecular flexibility index (Phi) is 4.99. The Morgan fingerprint density at radius 3 is 2.83 bits per heavy atom. The Balaban J connectivity index is 2.08. The molecular weight excluding hydrogens is 324 g/mol. The summed E-state index contributed by atoms with van der Waals surface area (Å²) < 4.78 is 3.02. The van der Waals surface area contributed by atoms with Gasteiger partial charge in [0, 0.05) is 6.54 Å². The lowest BCUT2D eigenvalue weighted by Crippen LogP contribution is -2.32. The van der Waals surface area contributed by atoms with Gasteiger partial charge >= 0.3 is 5.82 Å². The second kappa shape index (κ2) is 6.78. The van der Waals surface area contributed by atoms with E-state index in [1.165, 1.54) is 16.9 Å². The predicted octanol–water partition coefficient (Wildman–Crippen LogP) is 1.85. The van der Waals surface area contributed by atoms with Crippen molar-refractivity contribution in [1.29, 1.82) is 0 Å². The molecule has 1 amide bonds. The number of halogens is 1. The Hall–Kier alpha value is -2.42. The fourth-order valence-electron chi connectivity index (χ4n) is 2.22. The summed E-state index contributed by atoms with van der Waals surface area (Å²) in [6.45, 7) is 6.06. The molecule has 23 heavy (non-hydrogen) atoms. The van der Waals surface area contributed by atoms with Crippen molar-refractivity contribution in [2.45, 2.75) is 39.9 Å². The molecule has 0 spiro atoms. The molecule has 0 aliphatic heterocycles. The molecule has 2 aromatic heterocycles. The van der Waals surface area contributed by atoms with Gasteiger partial charge in [-0.1, -0.05) is 11.6 Å². The second-order valence-electron chi connectivity index (χ2n) is 4.99. The summed E-state index contributed by atoms with van der Waals surface area (Å²) in [6.07, 6.45) is 1.52. The van der Waals surface area contributed by atoms with E-state index in [4.69, 9.17) is 11.6 Å². The molecule has 2 aromatic rings. The largest absolute Gasteiger partial charge is 0.390 e. The van der Waals surface area contributed by atoms with Crippen LogP contribution in [0, 0.1) is 17.0 Å². The number of hydrogen-bond acceptors (Lipinski definition) is 5. The van der Waals surface area contributed by atoms with Crippen molar-refractivity contribution in [2.75, 3.05) is 0 Å². The maximum atomic E-state index is 12.3. The van der Waals surface area contributed by atoms with Crippen molar-refractivity contribution in [1.82, 2.24) is 24.9 Å². The van der Waals surface area contributed by atoms with Gasteiger partial charge in [-0.15, -0.1) is 0 Å². The van der Waals surface area contributed by atoms with Gasteiger partial charge in [0.2, 0.25) is 5.91 Å². The molecule has 0 radical (unpaired) electrons. The smallest absolute Gasteiger partial charge is 0.358 e. The highest BCUT2D eigenvalue weighted by Gasteiger charge is 2.24. The van der Waals surface area contributed by atoms with Crippen LogP contribution in [0.4, 0.5) is 5.82 Å². The van der Waals surface area contributed by atoms with E-state index in [1.807, 2.05) is 6.92 Å². The number of nitro groups is 1. The van der Waals surface area contributed by atoms with Crippen molar-refractivity contribution in [2.24, 2.45) is 0 Å². The minimum Gasteiger partial charge on any atom is -0.358 e. The van der Waals surface area contributed by atoms with E-state index in [0.29, 0.717) is 23.0 Å². The number of carbonyl (C=O) groups excluding carboxylic acids is 1. The monoisotopic (exact) mass is 340 g/mol. The molecule has 124 valence electrons. The highest BCUT2D eigenvalue weighted by atomic mass is 35.5. The number of carbonyl (C=O) groups is 1. The number of aryl methyl sites for hydroxylation is 2. The molecule has 2 rings (SSSR count). The summed E-state index contributed by atoms with van der Waals surface area (Å²) in [5.74, 6) is -0.597. The van der Waals surface area contributed by atoms with Crippen molar-refractivity contribution in [3.63, 3.8) is 0 Å². The van der Waals surface area contributed by atoms with Crippen LogP contribution in [0.25, 0.3) is 0 Å². The quantitative estimate of drug-likeness (QED) is 0.637. The Morgan fingerprint density at radius 2 is 2.26 bits per heavy atom.